The van der Waals surface area contributed by atoms with Crippen LogP contribution in [0.4, 0.5) is 20.6 Å². The molecule has 6 heteroatoms. The summed E-state index contributed by atoms with van der Waals surface area (Å²) in [6.07, 6.45) is 4.11. The molecule has 1 fully saturated rings. The van der Waals surface area contributed by atoms with Crippen molar-refractivity contribution in [1.82, 2.24) is 5.43 Å². The predicted molar refractivity (Wildman–Crippen MR) is 98.8 cm³/mol. The van der Waals surface area contributed by atoms with Crippen LogP contribution < -0.4 is 15.6 Å². The lowest BCUT2D eigenvalue weighted by Gasteiger charge is -2.18. The lowest BCUT2D eigenvalue weighted by molar-refractivity contribution is 0.252. The molecule has 0 saturated carbocycles. The fraction of sp³-hybridized carbons (Fsp3) is 0.263. The highest BCUT2D eigenvalue weighted by Gasteiger charge is 2.12. The first-order valence-electron chi connectivity index (χ1n) is 8.33. The predicted octanol–water partition coefficient (Wildman–Crippen LogP) is 3.89. The van der Waals surface area contributed by atoms with Crippen molar-refractivity contribution in [3.63, 3.8) is 0 Å². The third-order valence-electron chi connectivity index (χ3n) is 4.20. The Labute approximate surface area is 146 Å². The normalized spacial score (nSPS) is 14.1. The second-order valence-electron chi connectivity index (χ2n) is 6.07. The highest BCUT2D eigenvalue weighted by atomic mass is 19.1. The van der Waals surface area contributed by atoms with E-state index in [1.807, 2.05) is 13.0 Å². The van der Waals surface area contributed by atoms with Gasteiger partial charge >= 0.3 is 6.03 Å². The van der Waals surface area contributed by atoms with Crippen molar-refractivity contribution in [3.05, 3.63) is 59.4 Å². The Hall–Kier alpha value is -2.89. The van der Waals surface area contributed by atoms with E-state index < -0.39 is 6.03 Å². The van der Waals surface area contributed by atoms with Gasteiger partial charge in [-0.1, -0.05) is 6.07 Å². The van der Waals surface area contributed by atoms with E-state index in [9.17, 15) is 9.18 Å². The van der Waals surface area contributed by atoms with Crippen molar-refractivity contribution in [1.29, 1.82) is 0 Å². The molecule has 1 aliphatic heterocycles. The minimum atomic E-state index is -0.478. The maximum absolute atomic E-state index is 12.8. The average Bonchev–Trinajstić information content (AvgIpc) is 3.13. The molecule has 130 valence electrons. The zero-order chi connectivity index (χ0) is 17.6. The molecule has 0 spiro atoms. The largest absolute Gasteiger partial charge is 0.372 e. The molecule has 0 atom stereocenters. The maximum Gasteiger partial charge on any atom is 0.339 e. The summed E-state index contributed by atoms with van der Waals surface area (Å²) in [6, 6.07) is 11.3. The second-order valence-corrected chi connectivity index (χ2v) is 6.07. The van der Waals surface area contributed by atoms with Gasteiger partial charge in [0, 0.05) is 24.5 Å². The number of urea groups is 1. The molecular weight excluding hydrogens is 319 g/mol. The van der Waals surface area contributed by atoms with Crippen molar-refractivity contribution in [3.8, 4) is 0 Å². The number of carbonyl (C=O) groups excluding carboxylic acids is 1. The number of nitrogens with one attached hydrogen (secondary N) is 2. The van der Waals surface area contributed by atoms with Gasteiger partial charge in [-0.05, 0) is 67.3 Å². The first kappa shape index (κ1) is 17.0. The van der Waals surface area contributed by atoms with Crippen molar-refractivity contribution < 1.29 is 9.18 Å². The van der Waals surface area contributed by atoms with Gasteiger partial charge < -0.3 is 10.2 Å². The molecular formula is C19H21FN4O. The molecule has 0 radical (unpaired) electrons. The third-order valence-corrected chi connectivity index (χ3v) is 4.20. The summed E-state index contributed by atoms with van der Waals surface area (Å²) in [4.78, 5) is 14.1. The van der Waals surface area contributed by atoms with Gasteiger partial charge in [0.15, 0.2) is 0 Å². The Morgan fingerprint density at radius 3 is 2.56 bits per heavy atom. The zero-order valence-corrected chi connectivity index (χ0v) is 14.1. The molecule has 0 bridgehead atoms. The fourth-order valence-corrected chi connectivity index (χ4v) is 2.83. The van der Waals surface area contributed by atoms with Crippen LogP contribution in [-0.2, 0) is 0 Å². The van der Waals surface area contributed by atoms with Crippen LogP contribution in [0.15, 0.2) is 47.6 Å². The van der Waals surface area contributed by atoms with Crippen molar-refractivity contribution >= 4 is 23.6 Å². The zero-order valence-electron chi connectivity index (χ0n) is 14.1. The fourth-order valence-electron chi connectivity index (χ4n) is 2.83. The first-order chi connectivity index (χ1) is 12.1. The average molecular weight is 340 g/mol. The molecule has 25 heavy (non-hydrogen) atoms. The summed E-state index contributed by atoms with van der Waals surface area (Å²) in [7, 11) is 0. The van der Waals surface area contributed by atoms with Gasteiger partial charge in [0.1, 0.15) is 5.82 Å². The summed E-state index contributed by atoms with van der Waals surface area (Å²) < 4.78 is 12.8. The van der Waals surface area contributed by atoms with Crippen LogP contribution in [0.25, 0.3) is 0 Å². The van der Waals surface area contributed by atoms with Gasteiger partial charge in [-0.2, -0.15) is 5.10 Å². The number of hydrazone groups is 1. The number of rotatable bonds is 4. The lowest BCUT2D eigenvalue weighted by atomic mass is 10.1. The summed E-state index contributed by atoms with van der Waals surface area (Å²) in [6.45, 7) is 4.25. The van der Waals surface area contributed by atoms with E-state index in [-0.39, 0.29) is 5.82 Å². The van der Waals surface area contributed by atoms with Gasteiger partial charge in [-0.25, -0.2) is 14.6 Å². The Morgan fingerprint density at radius 1 is 1.16 bits per heavy atom. The highest BCUT2D eigenvalue weighted by Crippen LogP contribution is 2.22. The van der Waals surface area contributed by atoms with Gasteiger partial charge in [-0.3, -0.25) is 0 Å². The van der Waals surface area contributed by atoms with E-state index in [1.54, 1.807) is 6.21 Å². The van der Waals surface area contributed by atoms with Gasteiger partial charge in [0.25, 0.3) is 0 Å². The molecule has 2 amide bonds. The quantitative estimate of drug-likeness (QED) is 0.655. The lowest BCUT2D eigenvalue weighted by Crippen LogP contribution is -2.24. The number of amides is 2. The Kier molecular flexibility index (Phi) is 5.28. The molecule has 2 aromatic carbocycles. The Balaban J connectivity index is 1.56. The van der Waals surface area contributed by atoms with Crippen LogP contribution in [0.2, 0.25) is 0 Å². The Morgan fingerprint density at radius 2 is 1.88 bits per heavy atom. The summed E-state index contributed by atoms with van der Waals surface area (Å²) in [5.41, 5.74) is 6.19. The van der Waals surface area contributed by atoms with Crippen LogP contribution in [-0.4, -0.2) is 25.3 Å². The van der Waals surface area contributed by atoms with E-state index in [2.05, 4.69) is 32.9 Å². The Bertz CT molecular complexity index is 767. The number of hydrogen-bond donors (Lipinski definition) is 2. The van der Waals surface area contributed by atoms with E-state index in [0.717, 1.165) is 24.2 Å². The van der Waals surface area contributed by atoms with Gasteiger partial charge in [0.05, 0.1) is 6.21 Å². The molecule has 0 aliphatic carbocycles. The second kappa shape index (κ2) is 7.79. The summed E-state index contributed by atoms with van der Waals surface area (Å²) in [5.74, 6) is -0.350. The monoisotopic (exact) mass is 340 g/mol. The SMILES string of the molecule is Cc1cc(N2CCCC2)ccc1/C=N/NC(=O)Nc1ccc(F)cc1. The molecule has 1 heterocycles. The van der Waals surface area contributed by atoms with E-state index in [0.29, 0.717) is 5.69 Å². The number of halogens is 1. The summed E-state index contributed by atoms with van der Waals surface area (Å²) in [5, 5.41) is 6.55. The van der Waals surface area contributed by atoms with E-state index in [1.165, 1.54) is 42.8 Å². The smallest absolute Gasteiger partial charge is 0.339 e. The molecule has 2 aromatic rings. The minimum Gasteiger partial charge on any atom is -0.372 e. The van der Waals surface area contributed by atoms with Crippen LogP contribution in [0, 0.1) is 12.7 Å². The number of aryl methyl sites for hydroxylation is 1. The number of anilines is 2. The maximum atomic E-state index is 12.8. The highest BCUT2D eigenvalue weighted by molar-refractivity contribution is 5.90. The molecule has 5 nitrogen and oxygen atoms in total. The van der Waals surface area contributed by atoms with E-state index >= 15 is 0 Å². The standard InChI is InChI=1S/C19H21FN4O/c1-14-12-18(24-10-2-3-11-24)9-4-15(14)13-21-23-19(25)22-17-7-5-16(20)6-8-17/h4-9,12-13H,2-3,10-11H2,1H3,(H2,22,23,25)/b21-13+. The summed E-state index contributed by atoms with van der Waals surface area (Å²) >= 11 is 0. The van der Waals surface area contributed by atoms with Crippen molar-refractivity contribution in [2.75, 3.05) is 23.3 Å². The first-order valence-corrected chi connectivity index (χ1v) is 8.33. The third kappa shape index (κ3) is 4.56. The molecule has 0 unspecified atom stereocenters. The molecule has 3 rings (SSSR count). The molecule has 0 aromatic heterocycles. The van der Waals surface area contributed by atoms with Crippen LogP contribution in [0.5, 0.6) is 0 Å². The number of nitrogens with zero attached hydrogens (tertiary/aromatic N) is 2. The molecule has 2 N–H and O–H groups in total. The molecule has 1 aliphatic rings. The number of benzene rings is 2. The molecule has 1 saturated heterocycles. The van der Waals surface area contributed by atoms with E-state index in [4.69, 9.17) is 0 Å². The van der Waals surface area contributed by atoms with Crippen LogP contribution in [0.1, 0.15) is 24.0 Å². The van der Waals surface area contributed by atoms with Crippen LogP contribution >= 0.6 is 0 Å². The van der Waals surface area contributed by atoms with Gasteiger partial charge in [0.2, 0.25) is 0 Å². The van der Waals surface area contributed by atoms with Gasteiger partial charge in [-0.15, -0.1) is 0 Å². The van der Waals surface area contributed by atoms with Crippen molar-refractivity contribution in [2.45, 2.75) is 19.8 Å². The van der Waals surface area contributed by atoms with Crippen molar-refractivity contribution in [2.24, 2.45) is 5.10 Å². The topological polar surface area (TPSA) is 56.7 Å². The number of carbonyl (C=O) groups is 1. The van der Waals surface area contributed by atoms with Crippen LogP contribution in [0.3, 0.4) is 0 Å². The number of hydrogen-bond acceptors (Lipinski definition) is 3. The minimum absolute atomic E-state index is 0.350.